The van der Waals surface area contributed by atoms with Crippen molar-refractivity contribution in [1.82, 2.24) is 20.3 Å². The summed E-state index contributed by atoms with van der Waals surface area (Å²) in [6.07, 6.45) is 2.43. The summed E-state index contributed by atoms with van der Waals surface area (Å²) in [6, 6.07) is 0. The maximum Gasteiger partial charge on any atom is 0.305 e. The zero-order chi connectivity index (χ0) is 13.5. The van der Waals surface area contributed by atoms with Gasteiger partial charge in [0.25, 0.3) is 5.91 Å². The molecular formula is C11H18N4O3. The van der Waals surface area contributed by atoms with Crippen molar-refractivity contribution in [3.05, 3.63) is 11.9 Å². The molecule has 18 heavy (non-hydrogen) atoms. The smallest absolute Gasteiger partial charge is 0.305 e. The number of hydrogen-bond acceptors (Lipinski definition) is 4. The molecule has 0 atom stereocenters. The summed E-state index contributed by atoms with van der Waals surface area (Å²) in [5, 5.41) is 18.5. The largest absolute Gasteiger partial charge is 0.481 e. The number of hydrogen-bond donors (Lipinski definition) is 2. The number of carbonyl (C=O) groups is 2. The van der Waals surface area contributed by atoms with Crippen molar-refractivity contribution in [3.8, 4) is 0 Å². The highest BCUT2D eigenvalue weighted by atomic mass is 16.4. The van der Waals surface area contributed by atoms with E-state index in [0.717, 1.165) is 6.42 Å². The molecule has 100 valence electrons. The SMILES string of the molecule is CC(C)CCn1cc(C(=O)NCCC(=O)O)nn1. The summed E-state index contributed by atoms with van der Waals surface area (Å²) in [7, 11) is 0. The molecule has 0 aliphatic rings. The molecule has 0 saturated carbocycles. The maximum atomic E-state index is 11.6. The predicted octanol–water partition coefficient (Wildman–Crippen LogP) is 0.529. The first-order chi connectivity index (χ1) is 8.49. The van der Waals surface area contributed by atoms with E-state index in [1.807, 2.05) is 0 Å². The van der Waals surface area contributed by atoms with E-state index in [4.69, 9.17) is 5.11 Å². The van der Waals surface area contributed by atoms with Gasteiger partial charge < -0.3 is 10.4 Å². The van der Waals surface area contributed by atoms with Crippen LogP contribution >= 0.6 is 0 Å². The standard InChI is InChI=1S/C11H18N4O3/c1-8(2)4-6-15-7-9(13-14-15)11(18)12-5-3-10(16)17/h7-8H,3-6H2,1-2H3,(H,12,18)(H,16,17). The monoisotopic (exact) mass is 254 g/mol. The van der Waals surface area contributed by atoms with E-state index in [-0.39, 0.29) is 18.7 Å². The fourth-order valence-electron chi connectivity index (χ4n) is 1.28. The minimum absolute atomic E-state index is 0.0903. The molecular weight excluding hydrogens is 236 g/mol. The van der Waals surface area contributed by atoms with Crippen molar-refractivity contribution < 1.29 is 14.7 Å². The summed E-state index contributed by atoms with van der Waals surface area (Å²) < 4.78 is 1.62. The number of carbonyl (C=O) groups excluding carboxylic acids is 1. The third-order valence-electron chi connectivity index (χ3n) is 2.33. The van der Waals surface area contributed by atoms with Gasteiger partial charge in [0.2, 0.25) is 0 Å². The Labute approximate surface area is 105 Å². The summed E-state index contributed by atoms with van der Waals surface area (Å²) in [4.78, 5) is 21.8. The molecule has 0 aromatic carbocycles. The third kappa shape index (κ3) is 4.94. The van der Waals surface area contributed by atoms with E-state index in [1.165, 1.54) is 0 Å². The molecule has 2 N–H and O–H groups in total. The number of nitrogens with zero attached hydrogens (tertiary/aromatic N) is 3. The molecule has 0 saturated heterocycles. The van der Waals surface area contributed by atoms with Crippen LogP contribution in [0.4, 0.5) is 0 Å². The Morgan fingerprint density at radius 2 is 2.22 bits per heavy atom. The van der Waals surface area contributed by atoms with Crippen LogP contribution in [0.2, 0.25) is 0 Å². The molecule has 0 fully saturated rings. The molecule has 1 rings (SSSR count). The van der Waals surface area contributed by atoms with Gasteiger partial charge in [-0.05, 0) is 12.3 Å². The fraction of sp³-hybridized carbons (Fsp3) is 0.636. The summed E-state index contributed by atoms with van der Waals surface area (Å²) in [5.74, 6) is -0.787. The Balaban J connectivity index is 2.41. The second kappa shape index (κ2) is 6.73. The van der Waals surface area contributed by atoms with Crippen LogP contribution in [-0.2, 0) is 11.3 Å². The zero-order valence-corrected chi connectivity index (χ0v) is 10.6. The lowest BCUT2D eigenvalue weighted by Crippen LogP contribution is -2.26. The minimum Gasteiger partial charge on any atom is -0.481 e. The van der Waals surface area contributed by atoms with Crippen molar-refractivity contribution in [1.29, 1.82) is 0 Å². The van der Waals surface area contributed by atoms with E-state index in [9.17, 15) is 9.59 Å². The lowest BCUT2D eigenvalue weighted by molar-refractivity contribution is -0.136. The Bertz CT molecular complexity index is 414. The second-order valence-electron chi connectivity index (χ2n) is 4.45. The average Bonchev–Trinajstić information content (AvgIpc) is 2.74. The Kier molecular flexibility index (Phi) is 5.29. The van der Waals surface area contributed by atoms with Crippen molar-refractivity contribution in [2.45, 2.75) is 33.2 Å². The number of aliphatic carboxylic acids is 1. The van der Waals surface area contributed by atoms with Gasteiger partial charge in [-0.15, -0.1) is 5.10 Å². The highest BCUT2D eigenvalue weighted by Crippen LogP contribution is 2.02. The molecule has 0 unspecified atom stereocenters. The molecule has 7 heteroatoms. The number of aryl methyl sites for hydroxylation is 1. The first-order valence-electron chi connectivity index (χ1n) is 5.89. The fourth-order valence-corrected chi connectivity index (χ4v) is 1.28. The molecule has 0 spiro atoms. The molecule has 1 amide bonds. The summed E-state index contributed by atoms with van der Waals surface area (Å²) in [5.41, 5.74) is 0.212. The van der Waals surface area contributed by atoms with Crippen LogP contribution in [0, 0.1) is 5.92 Å². The highest BCUT2D eigenvalue weighted by molar-refractivity contribution is 5.92. The molecule has 1 aromatic heterocycles. The number of amides is 1. The molecule has 0 aliphatic heterocycles. The Hall–Kier alpha value is -1.92. The first kappa shape index (κ1) is 14.1. The van der Waals surface area contributed by atoms with Gasteiger partial charge in [0.15, 0.2) is 5.69 Å². The van der Waals surface area contributed by atoms with E-state index in [0.29, 0.717) is 12.5 Å². The lowest BCUT2D eigenvalue weighted by atomic mass is 10.1. The van der Waals surface area contributed by atoms with Gasteiger partial charge in [0.05, 0.1) is 12.6 Å². The number of carboxylic acid groups (broad SMARTS) is 1. The van der Waals surface area contributed by atoms with Crippen LogP contribution in [-0.4, -0.2) is 38.5 Å². The van der Waals surface area contributed by atoms with Crippen molar-refractivity contribution in [2.75, 3.05) is 6.54 Å². The number of aromatic nitrogens is 3. The third-order valence-corrected chi connectivity index (χ3v) is 2.33. The van der Waals surface area contributed by atoms with Crippen LogP contribution in [0.1, 0.15) is 37.2 Å². The van der Waals surface area contributed by atoms with Gasteiger partial charge in [0.1, 0.15) is 0 Å². The summed E-state index contributed by atoms with van der Waals surface area (Å²) >= 11 is 0. The minimum atomic E-state index is -0.948. The van der Waals surface area contributed by atoms with Crippen LogP contribution in [0.25, 0.3) is 0 Å². The summed E-state index contributed by atoms with van der Waals surface area (Å²) in [6.45, 7) is 5.02. The topological polar surface area (TPSA) is 97.1 Å². The van der Waals surface area contributed by atoms with Crippen molar-refractivity contribution in [2.24, 2.45) is 5.92 Å². The van der Waals surface area contributed by atoms with E-state index >= 15 is 0 Å². The highest BCUT2D eigenvalue weighted by Gasteiger charge is 2.10. The van der Waals surface area contributed by atoms with Crippen molar-refractivity contribution >= 4 is 11.9 Å². The van der Waals surface area contributed by atoms with E-state index in [2.05, 4.69) is 29.5 Å². The van der Waals surface area contributed by atoms with Crippen LogP contribution in [0.15, 0.2) is 6.20 Å². The molecule has 1 heterocycles. The lowest BCUT2D eigenvalue weighted by Gasteiger charge is -2.02. The van der Waals surface area contributed by atoms with Gasteiger partial charge in [-0.3, -0.25) is 14.3 Å². The number of rotatable bonds is 7. The quantitative estimate of drug-likeness (QED) is 0.739. The van der Waals surface area contributed by atoms with Gasteiger partial charge in [-0.1, -0.05) is 19.1 Å². The van der Waals surface area contributed by atoms with E-state index in [1.54, 1.807) is 10.9 Å². The molecule has 0 radical (unpaired) electrons. The van der Waals surface area contributed by atoms with Gasteiger partial charge in [0, 0.05) is 13.1 Å². The van der Waals surface area contributed by atoms with Crippen LogP contribution in [0.5, 0.6) is 0 Å². The number of nitrogens with one attached hydrogen (secondary N) is 1. The predicted molar refractivity (Wildman–Crippen MR) is 64.1 cm³/mol. The van der Waals surface area contributed by atoms with E-state index < -0.39 is 11.9 Å². The Morgan fingerprint density at radius 3 is 2.83 bits per heavy atom. The van der Waals surface area contributed by atoms with Crippen LogP contribution in [0.3, 0.4) is 0 Å². The molecule has 0 bridgehead atoms. The van der Waals surface area contributed by atoms with Crippen LogP contribution < -0.4 is 5.32 Å². The molecule has 1 aromatic rings. The molecule has 0 aliphatic carbocycles. The van der Waals surface area contributed by atoms with Gasteiger partial charge in [-0.25, -0.2) is 0 Å². The normalized spacial score (nSPS) is 10.6. The number of carboxylic acids is 1. The van der Waals surface area contributed by atoms with Gasteiger partial charge in [-0.2, -0.15) is 0 Å². The Morgan fingerprint density at radius 1 is 1.50 bits per heavy atom. The first-order valence-corrected chi connectivity index (χ1v) is 5.89. The second-order valence-corrected chi connectivity index (χ2v) is 4.45. The van der Waals surface area contributed by atoms with Crippen molar-refractivity contribution in [3.63, 3.8) is 0 Å². The van der Waals surface area contributed by atoms with Gasteiger partial charge >= 0.3 is 5.97 Å². The maximum absolute atomic E-state index is 11.6. The average molecular weight is 254 g/mol. The molecule has 7 nitrogen and oxygen atoms in total. The zero-order valence-electron chi connectivity index (χ0n) is 10.6.